The van der Waals surface area contributed by atoms with Gasteiger partial charge in [-0.3, -0.25) is 4.99 Å². The first kappa shape index (κ1) is 16.4. The molecule has 0 amide bonds. The lowest BCUT2D eigenvalue weighted by atomic mass is 9.98. The van der Waals surface area contributed by atoms with E-state index >= 15 is 0 Å². The molecule has 3 fully saturated rings. The molecule has 3 rings (SSSR count). The maximum atomic E-state index is 4.51. The monoisotopic (exact) mass is 391 g/mol. The quantitative estimate of drug-likeness (QED) is 0.452. The van der Waals surface area contributed by atoms with E-state index in [0.717, 1.165) is 36.2 Å². The van der Waals surface area contributed by atoms with E-state index in [2.05, 4.69) is 22.1 Å². The van der Waals surface area contributed by atoms with Gasteiger partial charge in [0.2, 0.25) is 0 Å². The van der Waals surface area contributed by atoms with Crippen LogP contribution < -0.4 is 5.32 Å². The molecule has 1 aliphatic heterocycles. The highest BCUT2D eigenvalue weighted by Gasteiger charge is 2.41. The van der Waals surface area contributed by atoms with Gasteiger partial charge in [0.15, 0.2) is 5.96 Å². The van der Waals surface area contributed by atoms with Gasteiger partial charge in [0.1, 0.15) is 0 Å². The smallest absolute Gasteiger partial charge is 0.193 e. The summed E-state index contributed by atoms with van der Waals surface area (Å²) in [6.45, 7) is 5.88. The molecule has 0 spiro atoms. The SMILES string of the molecule is CN=C(NCC(C1CC1)C1CC1)N1CCCC(C)C1.I. The fourth-order valence-corrected chi connectivity index (χ4v) is 3.69. The molecule has 1 saturated heterocycles. The Bertz CT molecular complexity index is 325. The molecule has 0 aromatic carbocycles. The first-order chi connectivity index (χ1) is 9.28. The molecule has 20 heavy (non-hydrogen) atoms. The van der Waals surface area contributed by atoms with E-state index in [1.54, 1.807) is 0 Å². The van der Waals surface area contributed by atoms with Gasteiger partial charge in [-0.05, 0) is 62.2 Å². The predicted octanol–water partition coefficient (Wildman–Crippen LogP) is 3.35. The van der Waals surface area contributed by atoms with Gasteiger partial charge in [-0.1, -0.05) is 6.92 Å². The van der Waals surface area contributed by atoms with E-state index in [0.29, 0.717) is 0 Å². The lowest BCUT2D eigenvalue weighted by Gasteiger charge is -2.34. The number of guanidine groups is 1. The zero-order valence-corrected chi connectivity index (χ0v) is 15.3. The summed E-state index contributed by atoms with van der Waals surface area (Å²) in [6, 6.07) is 0. The predicted molar refractivity (Wildman–Crippen MR) is 95.7 cm³/mol. The maximum Gasteiger partial charge on any atom is 0.193 e. The Hall–Kier alpha value is 0. The normalized spacial score (nSPS) is 27.4. The van der Waals surface area contributed by atoms with Crippen LogP contribution in [-0.2, 0) is 0 Å². The van der Waals surface area contributed by atoms with Crippen molar-refractivity contribution in [3.05, 3.63) is 0 Å². The minimum absolute atomic E-state index is 0. The zero-order valence-electron chi connectivity index (χ0n) is 13.0. The molecular weight excluding hydrogens is 361 g/mol. The molecule has 2 aliphatic carbocycles. The molecule has 0 bridgehead atoms. The molecule has 0 aromatic heterocycles. The van der Waals surface area contributed by atoms with Gasteiger partial charge in [-0.25, -0.2) is 0 Å². The van der Waals surface area contributed by atoms with Crippen molar-refractivity contribution in [1.29, 1.82) is 0 Å². The van der Waals surface area contributed by atoms with Crippen molar-refractivity contribution in [3.8, 4) is 0 Å². The average Bonchev–Trinajstić information content (AvgIpc) is 3.28. The molecule has 1 N–H and O–H groups in total. The van der Waals surface area contributed by atoms with Gasteiger partial charge in [0.25, 0.3) is 0 Å². The third kappa shape index (κ3) is 4.25. The number of piperidine rings is 1. The molecule has 0 aromatic rings. The van der Waals surface area contributed by atoms with Gasteiger partial charge >= 0.3 is 0 Å². The largest absolute Gasteiger partial charge is 0.356 e. The van der Waals surface area contributed by atoms with Crippen LogP contribution in [0.25, 0.3) is 0 Å². The van der Waals surface area contributed by atoms with Crippen molar-refractivity contribution in [2.24, 2.45) is 28.7 Å². The minimum Gasteiger partial charge on any atom is -0.356 e. The van der Waals surface area contributed by atoms with Gasteiger partial charge in [0, 0.05) is 26.7 Å². The fourth-order valence-electron chi connectivity index (χ4n) is 3.69. The molecule has 3 nitrogen and oxygen atoms in total. The Labute approximate surface area is 141 Å². The van der Waals surface area contributed by atoms with Crippen molar-refractivity contribution in [2.75, 3.05) is 26.7 Å². The van der Waals surface area contributed by atoms with Crippen LogP contribution in [0.5, 0.6) is 0 Å². The number of rotatable bonds is 4. The van der Waals surface area contributed by atoms with E-state index in [1.165, 1.54) is 51.6 Å². The fraction of sp³-hybridized carbons (Fsp3) is 0.938. The summed E-state index contributed by atoms with van der Waals surface area (Å²) >= 11 is 0. The standard InChI is InChI=1S/C16H29N3.HI/c1-12-4-3-9-19(11-12)16(17-2)18-10-15(13-5-6-13)14-7-8-14;/h12-15H,3-11H2,1-2H3,(H,17,18);1H. The average molecular weight is 391 g/mol. The number of nitrogens with one attached hydrogen (secondary N) is 1. The van der Waals surface area contributed by atoms with Gasteiger partial charge in [-0.15, -0.1) is 24.0 Å². The van der Waals surface area contributed by atoms with Crippen LogP contribution in [0.4, 0.5) is 0 Å². The van der Waals surface area contributed by atoms with Gasteiger partial charge in [-0.2, -0.15) is 0 Å². The topological polar surface area (TPSA) is 27.6 Å². The molecule has 1 atom stereocenters. The van der Waals surface area contributed by atoms with E-state index in [4.69, 9.17) is 0 Å². The van der Waals surface area contributed by atoms with Crippen molar-refractivity contribution >= 4 is 29.9 Å². The number of nitrogens with zero attached hydrogens (tertiary/aromatic N) is 2. The van der Waals surface area contributed by atoms with Crippen molar-refractivity contribution in [2.45, 2.75) is 45.4 Å². The number of hydrogen-bond donors (Lipinski definition) is 1. The summed E-state index contributed by atoms with van der Waals surface area (Å²) in [7, 11) is 1.94. The van der Waals surface area contributed by atoms with Crippen LogP contribution in [0.15, 0.2) is 4.99 Å². The molecular formula is C16H30IN3. The Kier molecular flexibility index (Phi) is 5.99. The van der Waals surface area contributed by atoms with Crippen LogP contribution in [0, 0.1) is 23.7 Å². The third-order valence-electron chi connectivity index (χ3n) is 5.12. The number of likely N-dealkylation sites (tertiary alicyclic amines) is 1. The second-order valence-corrected chi connectivity index (χ2v) is 6.96. The Morgan fingerprint density at radius 3 is 2.35 bits per heavy atom. The molecule has 4 heteroatoms. The first-order valence-electron chi connectivity index (χ1n) is 8.23. The van der Waals surface area contributed by atoms with Crippen LogP contribution in [0.1, 0.15) is 45.4 Å². The number of halogens is 1. The second kappa shape index (κ2) is 7.32. The van der Waals surface area contributed by atoms with Crippen molar-refractivity contribution in [3.63, 3.8) is 0 Å². The van der Waals surface area contributed by atoms with Crippen LogP contribution in [0.2, 0.25) is 0 Å². The Balaban J connectivity index is 0.00000147. The summed E-state index contributed by atoms with van der Waals surface area (Å²) in [5.41, 5.74) is 0. The molecule has 2 saturated carbocycles. The summed E-state index contributed by atoms with van der Waals surface area (Å²) in [5, 5.41) is 3.68. The van der Waals surface area contributed by atoms with Crippen LogP contribution in [-0.4, -0.2) is 37.5 Å². The van der Waals surface area contributed by atoms with Crippen LogP contribution in [0.3, 0.4) is 0 Å². The Morgan fingerprint density at radius 2 is 1.85 bits per heavy atom. The minimum atomic E-state index is 0. The lowest BCUT2D eigenvalue weighted by Crippen LogP contribution is -2.47. The summed E-state index contributed by atoms with van der Waals surface area (Å²) < 4.78 is 0. The highest BCUT2D eigenvalue weighted by Crippen LogP contribution is 2.48. The van der Waals surface area contributed by atoms with Crippen LogP contribution >= 0.6 is 24.0 Å². The third-order valence-corrected chi connectivity index (χ3v) is 5.12. The molecule has 1 heterocycles. The Morgan fingerprint density at radius 1 is 1.20 bits per heavy atom. The van der Waals surface area contributed by atoms with E-state index < -0.39 is 0 Å². The molecule has 116 valence electrons. The summed E-state index contributed by atoms with van der Waals surface area (Å²) in [5.74, 6) is 4.95. The van der Waals surface area contributed by atoms with Gasteiger partial charge < -0.3 is 10.2 Å². The lowest BCUT2D eigenvalue weighted by molar-refractivity contribution is 0.263. The van der Waals surface area contributed by atoms with E-state index in [-0.39, 0.29) is 24.0 Å². The molecule has 1 unspecified atom stereocenters. The number of aliphatic imine (C=N–C) groups is 1. The summed E-state index contributed by atoms with van der Waals surface area (Å²) in [6.07, 6.45) is 8.59. The second-order valence-electron chi connectivity index (χ2n) is 6.96. The van der Waals surface area contributed by atoms with Crippen molar-refractivity contribution in [1.82, 2.24) is 10.2 Å². The maximum absolute atomic E-state index is 4.51. The van der Waals surface area contributed by atoms with E-state index in [9.17, 15) is 0 Å². The van der Waals surface area contributed by atoms with Gasteiger partial charge in [0.05, 0.1) is 0 Å². The highest BCUT2D eigenvalue weighted by atomic mass is 127. The van der Waals surface area contributed by atoms with Crippen molar-refractivity contribution < 1.29 is 0 Å². The van der Waals surface area contributed by atoms with E-state index in [1.807, 2.05) is 7.05 Å². The highest BCUT2D eigenvalue weighted by molar-refractivity contribution is 14.0. The molecule has 0 radical (unpaired) electrons. The number of hydrogen-bond acceptors (Lipinski definition) is 1. The first-order valence-corrected chi connectivity index (χ1v) is 8.23. The molecule has 3 aliphatic rings. The summed E-state index contributed by atoms with van der Waals surface area (Å²) in [4.78, 5) is 6.97. The zero-order chi connectivity index (χ0) is 13.2.